The maximum Gasteiger partial charge on any atom is 0.326 e. The molecule has 35 heavy (non-hydrogen) atoms. The number of nitrogens with one attached hydrogen (secondary N) is 3. The molecule has 0 aliphatic rings. The molecular weight excluding hydrogens is 458 g/mol. The lowest BCUT2D eigenvalue weighted by atomic mass is 9.96. The molecule has 0 radical (unpaired) electrons. The Balaban J connectivity index is 3.14. The van der Waals surface area contributed by atoms with Crippen molar-refractivity contribution in [3.05, 3.63) is 35.9 Å². The van der Waals surface area contributed by atoms with Crippen LogP contribution in [0, 0.1) is 5.92 Å². The maximum absolute atomic E-state index is 13.2. The largest absolute Gasteiger partial charge is 0.480 e. The highest BCUT2D eigenvalue weighted by Gasteiger charge is 2.33. The molecule has 4 amide bonds. The Hall–Kier alpha value is -3.51. The number of hydrogen-bond donors (Lipinski definition) is 7. The average Bonchev–Trinajstić information content (AvgIpc) is 2.80. The Kier molecular flexibility index (Phi) is 11.8. The van der Waals surface area contributed by atoms with Gasteiger partial charge >= 0.3 is 5.97 Å². The summed E-state index contributed by atoms with van der Waals surface area (Å²) in [6, 6.07) is 3.66. The molecular formula is C23H35N5O7. The molecule has 0 saturated carbocycles. The minimum Gasteiger partial charge on any atom is -0.480 e. The zero-order valence-corrected chi connectivity index (χ0v) is 20.1. The highest BCUT2D eigenvalue weighted by Crippen LogP contribution is 2.11. The van der Waals surface area contributed by atoms with Crippen molar-refractivity contribution >= 4 is 29.6 Å². The van der Waals surface area contributed by atoms with E-state index in [-0.39, 0.29) is 6.42 Å². The van der Waals surface area contributed by atoms with Crippen LogP contribution in [0.5, 0.6) is 0 Å². The topological polar surface area (TPSA) is 214 Å². The first-order valence-corrected chi connectivity index (χ1v) is 11.3. The quantitative estimate of drug-likeness (QED) is 0.160. The molecule has 0 aromatic heterocycles. The predicted octanol–water partition coefficient (Wildman–Crippen LogP) is -1.60. The van der Waals surface area contributed by atoms with Crippen LogP contribution in [0.15, 0.2) is 30.3 Å². The fourth-order valence-electron chi connectivity index (χ4n) is 3.16. The molecule has 0 bridgehead atoms. The monoisotopic (exact) mass is 493 g/mol. The lowest BCUT2D eigenvalue weighted by molar-refractivity contribution is -0.144. The molecule has 0 heterocycles. The van der Waals surface area contributed by atoms with Crippen molar-refractivity contribution in [2.75, 3.05) is 0 Å². The van der Waals surface area contributed by atoms with Crippen LogP contribution >= 0.6 is 0 Å². The molecule has 1 rings (SSSR count). The molecule has 1 aromatic carbocycles. The lowest BCUT2D eigenvalue weighted by Crippen LogP contribution is -2.60. The molecule has 6 unspecified atom stereocenters. The van der Waals surface area contributed by atoms with E-state index >= 15 is 0 Å². The number of aliphatic hydroxyl groups is 1. The summed E-state index contributed by atoms with van der Waals surface area (Å²) in [7, 11) is 0. The second kappa shape index (κ2) is 14.0. The number of benzene rings is 1. The number of carbonyl (C=O) groups excluding carboxylic acids is 4. The number of rotatable bonds is 14. The lowest BCUT2D eigenvalue weighted by Gasteiger charge is -2.28. The summed E-state index contributed by atoms with van der Waals surface area (Å²) >= 11 is 0. The van der Waals surface area contributed by atoms with E-state index in [1.807, 2.05) is 0 Å². The van der Waals surface area contributed by atoms with Crippen LogP contribution < -0.4 is 27.4 Å². The number of nitrogens with two attached hydrogens (primary N) is 2. The first-order valence-electron chi connectivity index (χ1n) is 11.3. The summed E-state index contributed by atoms with van der Waals surface area (Å²) in [6.07, 6.45) is -1.26. The van der Waals surface area contributed by atoms with Gasteiger partial charge in [-0.05, 0) is 18.4 Å². The number of carboxylic acids is 1. The van der Waals surface area contributed by atoms with Crippen molar-refractivity contribution in [3.63, 3.8) is 0 Å². The molecule has 12 nitrogen and oxygen atoms in total. The number of carboxylic acid groups (broad SMARTS) is 1. The molecule has 9 N–H and O–H groups in total. The third kappa shape index (κ3) is 9.71. The van der Waals surface area contributed by atoms with Crippen LogP contribution in [0.4, 0.5) is 0 Å². The number of carbonyl (C=O) groups is 5. The first kappa shape index (κ1) is 29.5. The van der Waals surface area contributed by atoms with Crippen molar-refractivity contribution in [1.29, 1.82) is 0 Å². The minimum absolute atomic E-state index is 0.0687. The zero-order chi connectivity index (χ0) is 26.7. The van der Waals surface area contributed by atoms with E-state index in [2.05, 4.69) is 16.0 Å². The van der Waals surface area contributed by atoms with Crippen LogP contribution in [0.1, 0.15) is 39.2 Å². The van der Waals surface area contributed by atoms with Gasteiger partial charge in [-0.15, -0.1) is 0 Å². The van der Waals surface area contributed by atoms with Gasteiger partial charge < -0.3 is 37.6 Å². The molecule has 1 aromatic rings. The van der Waals surface area contributed by atoms with Gasteiger partial charge in [-0.3, -0.25) is 19.2 Å². The van der Waals surface area contributed by atoms with Crippen molar-refractivity contribution in [1.82, 2.24) is 16.0 Å². The summed E-state index contributed by atoms with van der Waals surface area (Å²) in [6.45, 7) is 4.80. The fourth-order valence-corrected chi connectivity index (χ4v) is 3.16. The molecule has 0 aliphatic carbocycles. The van der Waals surface area contributed by atoms with Gasteiger partial charge in [-0.2, -0.15) is 0 Å². The first-order chi connectivity index (χ1) is 16.4. The molecule has 0 fully saturated rings. The van der Waals surface area contributed by atoms with E-state index < -0.39 is 72.2 Å². The maximum atomic E-state index is 13.2. The Morgan fingerprint density at radius 1 is 0.914 bits per heavy atom. The Labute approximate surface area is 203 Å². The summed E-state index contributed by atoms with van der Waals surface area (Å²) in [5, 5.41) is 26.2. The number of aliphatic hydroxyl groups excluding tert-OH is 1. The highest BCUT2D eigenvalue weighted by atomic mass is 16.4. The summed E-state index contributed by atoms with van der Waals surface area (Å²) < 4.78 is 0. The highest BCUT2D eigenvalue weighted by molar-refractivity contribution is 5.95. The second-order valence-corrected chi connectivity index (χ2v) is 8.46. The van der Waals surface area contributed by atoms with Gasteiger partial charge in [0.15, 0.2) is 0 Å². The standard InChI is InChI=1S/C23H35N5O7/c1-4-12(2)19(22(33)27-16(23(34)35)11-17(24)30)28-20(31)15(10-14-8-6-5-7-9-14)26-21(32)18(25)13(3)29/h5-9,12-13,15-16,18-19,29H,4,10-11,25H2,1-3H3,(H2,24,30)(H,26,32)(H,27,33)(H,28,31)(H,34,35). The normalized spacial score (nSPS) is 16.0. The molecule has 0 saturated heterocycles. The summed E-state index contributed by atoms with van der Waals surface area (Å²) in [4.78, 5) is 61.1. The minimum atomic E-state index is -1.56. The molecule has 0 spiro atoms. The fraction of sp³-hybridized carbons (Fsp3) is 0.522. The van der Waals surface area contributed by atoms with Crippen LogP contribution in [0.25, 0.3) is 0 Å². The molecule has 0 aliphatic heterocycles. The van der Waals surface area contributed by atoms with Crippen molar-refractivity contribution < 1.29 is 34.2 Å². The van der Waals surface area contributed by atoms with Gasteiger partial charge in [0, 0.05) is 6.42 Å². The molecule has 194 valence electrons. The van der Waals surface area contributed by atoms with Crippen LogP contribution in [0.3, 0.4) is 0 Å². The van der Waals surface area contributed by atoms with Gasteiger partial charge in [-0.1, -0.05) is 50.6 Å². The number of primary amides is 1. The predicted molar refractivity (Wildman–Crippen MR) is 126 cm³/mol. The van der Waals surface area contributed by atoms with E-state index in [9.17, 15) is 34.2 Å². The number of hydrogen-bond acceptors (Lipinski definition) is 7. The van der Waals surface area contributed by atoms with E-state index in [4.69, 9.17) is 11.5 Å². The number of amides is 4. The van der Waals surface area contributed by atoms with E-state index in [0.29, 0.717) is 6.42 Å². The smallest absolute Gasteiger partial charge is 0.326 e. The average molecular weight is 494 g/mol. The van der Waals surface area contributed by atoms with Gasteiger partial charge in [0.25, 0.3) is 0 Å². The summed E-state index contributed by atoms with van der Waals surface area (Å²) in [5.41, 5.74) is 11.5. The summed E-state index contributed by atoms with van der Waals surface area (Å²) in [5.74, 6) is -5.06. The van der Waals surface area contributed by atoms with Gasteiger partial charge in [0.05, 0.1) is 12.5 Å². The SMILES string of the molecule is CCC(C)C(NC(=O)C(Cc1ccccc1)NC(=O)C(N)C(C)O)C(=O)NC(CC(N)=O)C(=O)O. The Morgan fingerprint density at radius 2 is 1.49 bits per heavy atom. The van der Waals surface area contributed by atoms with Crippen LogP contribution in [-0.2, 0) is 30.4 Å². The number of aliphatic carboxylic acids is 1. The van der Waals surface area contributed by atoms with E-state index in [1.165, 1.54) is 6.92 Å². The van der Waals surface area contributed by atoms with Crippen LogP contribution in [-0.4, -0.2) is 70.1 Å². The molecule has 6 atom stereocenters. The van der Waals surface area contributed by atoms with Crippen LogP contribution in [0.2, 0.25) is 0 Å². The Morgan fingerprint density at radius 3 is 1.97 bits per heavy atom. The van der Waals surface area contributed by atoms with Gasteiger partial charge in [0.1, 0.15) is 24.2 Å². The zero-order valence-electron chi connectivity index (χ0n) is 20.1. The third-order valence-corrected chi connectivity index (χ3v) is 5.55. The van der Waals surface area contributed by atoms with Gasteiger partial charge in [-0.25, -0.2) is 4.79 Å². The molecule has 12 heteroatoms. The second-order valence-electron chi connectivity index (χ2n) is 8.46. The van der Waals surface area contributed by atoms with Crippen molar-refractivity contribution in [3.8, 4) is 0 Å². The van der Waals surface area contributed by atoms with Crippen molar-refractivity contribution in [2.24, 2.45) is 17.4 Å². The van der Waals surface area contributed by atoms with E-state index in [0.717, 1.165) is 5.56 Å². The van der Waals surface area contributed by atoms with Crippen molar-refractivity contribution in [2.45, 2.75) is 70.3 Å². The Bertz CT molecular complexity index is 894. The third-order valence-electron chi connectivity index (χ3n) is 5.55. The van der Waals surface area contributed by atoms with Gasteiger partial charge in [0.2, 0.25) is 23.6 Å². The van der Waals surface area contributed by atoms with E-state index in [1.54, 1.807) is 44.2 Å².